The number of rotatable bonds is 2. The highest BCUT2D eigenvalue weighted by molar-refractivity contribution is 5.75. The maximum Gasteiger partial charge on any atom is 0.146 e. The molecule has 0 spiro atoms. The zero-order valence-corrected chi connectivity index (χ0v) is 9.27. The van der Waals surface area contributed by atoms with Gasteiger partial charge in [-0.3, -0.25) is 9.97 Å². The molecule has 2 aromatic rings. The molecular formula is C12H13N3O. The van der Waals surface area contributed by atoms with Crippen LogP contribution in [0, 0.1) is 6.92 Å². The normalized spacial score (nSPS) is 10.1. The van der Waals surface area contributed by atoms with Crippen LogP contribution in [0.1, 0.15) is 5.56 Å². The molecule has 0 radical (unpaired) electrons. The fourth-order valence-corrected chi connectivity index (χ4v) is 1.49. The van der Waals surface area contributed by atoms with Crippen LogP contribution in [0.4, 0.5) is 5.69 Å². The van der Waals surface area contributed by atoms with E-state index >= 15 is 0 Å². The lowest BCUT2D eigenvalue weighted by Gasteiger charge is -2.09. The van der Waals surface area contributed by atoms with Gasteiger partial charge in [-0.2, -0.15) is 0 Å². The van der Waals surface area contributed by atoms with Gasteiger partial charge in [0.2, 0.25) is 0 Å². The third-order valence-electron chi connectivity index (χ3n) is 2.42. The molecule has 16 heavy (non-hydrogen) atoms. The van der Waals surface area contributed by atoms with Crippen LogP contribution in [0.25, 0.3) is 11.4 Å². The monoisotopic (exact) mass is 215 g/mol. The molecule has 4 nitrogen and oxygen atoms in total. The van der Waals surface area contributed by atoms with Crippen LogP contribution in [-0.2, 0) is 0 Å². The SMILES string of the molecule is COc1cccnc1-c1nccc(C)c1N. The molecule has 0 unspecified atom stereocenters. The average Bonchev–Trinajstić information content (AvgIpc) is 2.33. The second kappa shape index (κ2) is 4.18. The smallest absolute Gasteiger partial charge is 0.146 e. The summed E-state index contributed by atoms with van der Waals surface area (Å²) in [6.45, 7) is 1.94. The number of ether oxygens (including phenoxy) is 1. The van der Waals surface area contributed by atoms with Gasteiger partial charge in [-0.1, -0.05) is 0 Å². The Hall–Kier alpha value is -2.10. The van der Waals surface area contributed by atoms with Crippen molar-refractivity contribution >= 4 is 5.69 Å². The van der Waals surface area contributed by atoms with Crippen LogP contribution in [0.3, 0.4) is 0 Å². The van der Waals surface area contributed by atoms with Gasteiger partial charge in [0.15, 0.2) is 0 Å². The second-order valence-electron chi connectivity index (χ2n) is 3.44. The summed E-state index contributed by atoms with van der Waals surface area (Å²) in [5.74, 6) is 0.673. The Morgan fingerprint density at radius 3 is 2.62 bits per heavy atom. The lowest BCUT2D eigenvalue weighted by Crippen LogP contribution is -1.99. The molecule has 0 saturated carbocycles. The quantitative estimate of drug-likeness (QED) is 0.832. The Morgan fingerprint density at radius 2 is 1.88 bits per heavy atom. The Labute approximate surface area is 94.1 Å². The van der Waals surface area contributed by atoms with Crippen molar-refractivity contribution in [1.29, 1.82) is 0 Å². The average molecular weight is 215 g/mol. The molecule has 2 rings (SSSR count). The molecule has 0 fully saturated rings. The Kier molecular flexibility index (Phi) is 2.72. The molecule has 2 N–H and O–H groups in total. The van der Waals surface area contributed by atoms with Crippen molar-refractivity contribution in [3.8, 4) is 17.1 Å². The van der Waals surface area contributed by atoms with Gasteiger partial charge in [0, 0.05) is 12.4 Å². The highest BCUT2D eigenvalue weighted by atomic mass is 16.5. The fourth-order valence-electron chi connectivity index (χ4n) is 1.49. The molecule has 82 valence electrons. The Morgan fingerprint density at radius 1 is 1.12 bits per heavy atom. The lowest BCUT2D eigenvalue weighted by molar-refractivity contribution is 0.414. The number of hydrogen-bond acceptors (Lipinski definition) is 4. The van der Waals surface area contributed by atoms with Crippen LogP contribution in [-0.4, -0.2) is 17.1 Å². The Balaban J connectivity index is 2.63. The van der Waals surface area contributed by atoms with Gasteiger partial charge >= 0.3 is 0 Å². The minimum absolute atomic E-state index is 0.638. The van der Waals surface area contributed by atoms with Gasteiger partial charge in [0.25, 0.3) is 0 Å². The van der Waals surface area contributed by atoms with Crippen LogP contribution in [0.15, 0.2) is 30.6 Å². The molecule has 0 bridgehead atoms. The minimum Gasteiger partial charge on any atom is -0.494 e. The van der Waals surface area contributed by atoms with E-state index in [0.29, 0.717) is 22.8 Å². The van der Waals surface area contributed by atoms with E-state index in [1.54, 1.807) is 19.5 Å². The fraction of sp³-hybridized carbons (Fsp3) is 0.167. The van der Waals surface area contributed by atoms with Crippen molar-refractivity contribution in [3.63, 3.8) is 0 Å². The number of pyridine rings is 2. The molecule has 2 aromatic heterocycles. The summed E-state index contributed by atoms with van der Waals surface area (Å²) in [6, 6.07) is 5.52. The minimum atomic E-state index is 0.638. The van der Waals surface area contributed by atoms with Crippen molar-refractivity contribution in [2.75, 3.05) is 12.8 Å². The highest BCUT2D eigenvalue weighted by Gasteiger charge is 2.12. The van der Waals surface area contributed by atoms with E-state index in [-0.39, 0.29) is 0 Å². The number of hydrogen-bond donors (Lipinski definition) is 1. The molecule has 0 atom stereocenters. The molecule has 0 amide bonds. The molecule has 2 heterocycles. The summed E-state index contributed by atoms with van der Waals surface area (Å²) in [4.78, 5) is 8.50. The second-order valence-corrected chi connectivity index (χ2v) is 3.44. The maximum absolute atomic E-state index is 5.98. The summed E-state index contributed by atoms with van der Waals surface area (Å²) in [7, 11) is 1.60. The first-order valence-corrected chi connectivity index (χ1v) is 4.94. The highest BCUT2D eigenvalue weighted by Crippen LogP contribution is 2.30. The molecule has 0 saturated heterocycles. The predicted octanol–water partition coefficient (Wildman–Crippen LogP) is 2.04. The van der Waals surface area contributed by atoms with Gasteiger partial charge in [0.05, 0.1) is 12.8 Å². The van der Waals surface area contributed by atoms with E-state index in [1.807, 2.05) is 25.1 Å². The molecular weight excluding hydrogens is 202 g/mol. The van der Waals surface area contributed by atoms with E-state index in [0.717, 1.165) is 5.56 Å². The maximum atomic E-state index is 5.98. The summed E-state index contributed by atoms with van der Waals surface area (Å²) < 4.78 is 5.24. The first kappa shape index (κ1) is 10.4. The van der Waals surface area contributed by atoms with Crippen molar-refractivity contribution in [1.82, 2.24) is 9.97 Å². The van der Waals surface area contributed by atoms with Gasteiger partial charge in [-0.25, -0.2) is 0 Å². The molecule has 0 aliphatic carbocycles. The predicted molar refractivity (Wildman–Crippen MR) is 63.2 cm³/mol. The number of nitrogens with zero attached hydrogens (tertiary/aromatic N) is 2. The van der Waals surface area contributed by atoms with E-state index in [4.69, 9.17) is 10.5 Å². The Bertz CT molecular complexity index is 511. The van der Waals surface area contributed by atoms with E-state index in [1.165, 1.54) is 0 Å². The largest absolute Gasteiger partial charge is 0.494 e. The zero-order chi connectivity index (χ0) is 11.5. The topological polar surface area (TPSA) is 61.0 Å². The lowest BCUT2D eigenvalue weighted by atomic mass is 10.1. The van der Waals surface area contributed by atoms with Gasteiger partial charge in [0.1, 0.15) is 17.1 Å². The van der Waals surface area contributed by atoms with Gasteiger partial charge < -0.3 is 10.5 Å². The number of anilines is 1. The summed E-state index contributed by atoms with van der Waals surface area (Å²) in [5.41, 5.74) is 8.94. The molecule has 0 aliphatic heterocycles. The first-order valence-electron chi connectivity index (χ1n) is 4.94. The van der Waals surface area contributed by atoms with Gasteiger partial charge in [-0.15, -0.1) is 0 Å². The summed E-state index contributed by atoms with van der Waals surface area (Å²) in [5, 5.41) is 0. The number of nitrogens with two attached hydrogens (primary N) is 1. The first-order chi connectivity index (χ1) is 7.74. The van der Waals surface area contributed by atoms with Crippen molar-refractivity contribution < 1.29 is 4.74 Å². The molecule has 4 heteroatoms. The van der Waals surface area contributed by atoms with Crippen LogP contribution in [0.2, 0.25) is 0 Å². The number of methoxy groups -OCH3 is 1. The zero-order valence-electron chi connectivity index (χ0n) is 9.27. The molecule has 0 aliphatic rings. The third-order valence-corrected chi connectivity index (χ3v) is 2.42. The molecule has 0 aromatic carbocycles. The van der Waals surface area contributed by atoms with Crippen LogP contribution < -0.4 is 10.5 Å². The summed E-state index contributed by atoms with van der Waals surface area (Å²) >= 11 is 0. The number of nitrogen functional groups attached to an aromatic ring is 1. The van der Waals surface area contributed by atoms with Crippen molar-refractivity contribution in [2.24, 2.45) is 0 Å². The third kappa shape index (κ3) is 1.69. The number of aromatic nitrogens is 2. The van der Waals surface area contributed by atoms with E-state index < -0.39 is 0 Å². The summed E-state index contributed by atoms with van der Waals surface area (Å²) in [6.07, 6.45) is 3.41. The van der Waals surface area contributed by atoms with E-state index in [2.05, 4.69) is 9.97 Å². The van der Waals surface area contributed by atoms with Crippen LogP contribution in [0.5, 0.6) is 5.75 Å². The van der Waals surface area contributed by atoms with E-state index in [9.17, 15) is 0 Å². The van der Waals surface area contributed by atoms with Crippen molar-refractivity contribution in [2.45, 2.75) is 6.92 Å². The van der Waals surface area contributed by atoms with Crippen molar-refractivity contribution in [3.05, 3.63) is 36.2 Å². The van der Waals surface area contributed by atoms with Gasteiger partial charge in [-0.05, 0) is 30.7 Å². The van der Waals surface area contributed by atoms with Crippen LogP contribution >= 0.6 is 0 Å². The number of aryl methyl sites for hydroxylation is 1. The standard InChI is InChI=1S/C12H13N3O/c1-8-5-7-15-12(10(8)13)11-9(16-2)4-3-6-14-11/h3-7H,13H2,1-2H3.